The summed E-state index contributed by atoms with van der Waals surface area (Å²) in [7, 11) is 1.88. The van der Waals surface area contributed by atoms with Gasteiger partial charge < -0.3 is 15.5 Å². The van der Waals surface area contributed by atoms with Crippen molar-refractivity contribution in [2.75, 3.05) is 23.3 Å². The number of benzene rings is 2. The Bertz CT molecular complexity index is 1270. The largest absolute Gasteiger partial charge is 0.367 e. The van der Waals surface area contributed by atoms with Crippen LogP contribution in [0.25, 0.3) is 21.9 Å². The summed E-state index contributed by atoms with van der Waals surface area (Å²) in [6.07, 6.45) is 5.07. The minimum Gasteiger partial charge on any atom is -0.367 e. The number of carbonyl (C=O) groups is 1. The average molecular weight is 416 g/mol. The first-order valence-electron chi connectivity index (χ1n) is 10.5. The number of hydrogen-bond acceptors (Lipinski definition) is 6. The number of piperazine rings is 1. The third-order valence-electron chi connectivity index (χ3n) is 5.79. The molecule has 1 fully saturated rings. The van der Waals surface area contributed by atoms with Gasteiger partial charge in [0.15, 0.2) is 0 Å². The van der Waals surface area contributed by atoms with Gasteiger partial charge in [0.2, 0.25) is 0 Å². The minimum absolute atomic E-state index is 0.213. The van der Waals surface area contributed by atoms with Gasteiger partial charge >= 0.3 is 0 Å². The fourth-order valence-corrected chi connectivity index (χ4v) is 4.48. The number of aromatic nitrogens is 4. The van der Waals surface area contributed by atoms with Crippen molar-refractivity contribution in [3.8, 4) is 0 Å². The fraction of sp³-hybridized carbons (Fsp3) is 0.304. The van der Waals surface area contributed by atoms with Crippen molar-refractivity contribution in [2.24, 2.45) is 7.05 Å². The maximum atomic E-state index is 13.2. The van der Waals surface area contributed by atoms with Gasteiger partial charge in [-0.3, -0.25) is 19.4 Å². The molecule has 8 nitrogen and oxygen atoms in total. The van der Waals surface area contributed by atoms with E-state index in [1.807, 2.05) is 37.4 Å². The molecular formula is C23H25N7O. The van der Waals surface area contributed by atoms with Crippen molar-refractivity contribution < 1.29 is 4.79 Å². The molecule has 4 aromatic rings. The van der Waals surface area contributed by atoms with E-state index in [9.17, 15) is 4.79 Å². The highest BCUT2D eigenvalue weighted by Gasteiger charge is 2.24. The van der Waals surface area contributed by atoms with E-state index in [2.05, 4.69) is 44.4 Å². The standard InChI is InChI=1S/C23H25N7O/c1-14-12-30(13-15(2)27-14)20-8-7-16(21-22(20)25-10-9-24-21)23(31)28-18-5-4-6-19-17(18)11-26-29(19)3/h4-11,14-15,27H,12-13H2,1-3H3,(H,28,31)/t14-,15-/m0/s1. The van der Waals surface area contributed by atoms with Gasteiger partial charge in [0, 0.05) is 50.0 Å². The lowest BCUT2D eigenvalue weighted by molar-refractivity contribution is 0.102. The van der Waals surface area contributed by atoms with Crippen molar-refractivity contribution in [1.29, 1.82) is 0 Å². The van der Waals surface area contributed by atoms with Gasteiger partial charge in [0.1, 0.15) is 11.0 Å². The molecule has 5 rings (SSSR count). The van der Waals surface area contributed by atoms with Crippen molar-refractivity contribution in [2.45, 2.75) is 25.9 Å². The summed E-state index contributed by atoms with van der Waals surface area (Å²) in [6.45, 7) is 6.11. The number of carbonyl (C=O) groups excluding carboxylic acids is 1. The quantitative estimate of drug-likeness (QED) is 0.535. The number of nitrogens with zero attached hydrogens (tertiary/aromatic N) is 5. The van der Waals surface area contributed by atoms with Crippen LogP contribution in [0.3, 0.4) is 0 Å². The molecule has 0 unspecified atom stereocenters. The third-order valence-corrected chi connectivity index (χ3v) is 5.79. The van der Waals surface area contributed by atoms with Gasteiger partial charge in [-0.15, -0.1) is 0 Å². The van der Waals surface area contributed by atoms with E-state index in [-0.39, 0.29) is 5.91 Å². The van der Waals surface area contributed by atoms with Gasteiger partial charge in [0.05, 0.1) is 28.7 Å². The molecule has 8 heteroatoms. The lowest BCUT2D eigenvalue weighted by Crippen LogP contribution is -2.54. The molecule has 2 aromatic heterocycles. The Morgan fingerprint density at radius 1 is 1.06 bits per heavy atom. The van der Waals surface area contributed by atoms with Crippen LogP contribution in [0.2, 0.25) is 0 Å². The summed E-state index contributed by atoms with van der Waals surface area (Å²) in [4.78, 5) is 24.7. The van der Waals surface area contributed by atoms with E-state index < -0.39 is 0 Å². The Labute approximate surface area is 180 Å². The number of hydrogen-bond donors (Lipinski definition) is 2. The monoisotopic (exact) mass is 415 g/mol. The molecule has 31 heavy (non-hydrogen) atoms. The normalized spacial score (nSPS) is 19.1. The van der Waals surface area contributed by atoms with Crippen LogP contribution in [0.15, 0.2) is 48.9 Å². The highest BCUT2D eigenvalue weighted by atomic mass is 16.1. The molecule has 0 saturated carbocycles. The second kappa shape index (κ2) is 7.63. The van der Waals surface area contributed by atoms with Crippen LogP contribution in [0.5, 0.6) is 0 Å². The Kier molecular flexibility index (Phi) is 4.78. The highest BCUT2D eigenvalue weighted by Crippen LogP contribution is 2.29. The summed E-state index contributed by atoms with van der Waals surface area (Å²) >= 11 is 0. The molecule has 0 spiro atoms. The third kappa shape index (κ3) is 3.48. The van der Waals surface area contributed by atoms with Crippen LogP contribution in [-0.2, 0) is 7.05 Å². The van der Waals surface area contributed by atoms with E-state index in [0.717, 1.165) is 40.9 Å². The molecule has 2 atom stereocenters. The van der Waals surface area contributed by atoms with Gasteiger partial charge in [0.25, 0.3) is 5.91 Å². The van der Waals surface area contributed by atoms with Crippen LogP contribution >= 0.6 is 0 Å². The van der Waals surface area contributed by atoms with E-state index in [1.54, 1.807) is 23.3 Å². The van der Waals surface area contributed by atoms with Crippen molar-refractivity contribution >= 4 is 39.2 Å². The molecule has 3 heterocycles. The van der Waals surface area contributed by atoms with Crippen molar-refractivity contribution in [3.05, 3.63) is 54.5 Å². The highest BCUT2D eigenvalue weighted by molar-refractivity contribution is 6.15. The van der Waals surface area contributed by atoms with Gasteiger partial charge in [-0.05, 0) is 38.1 Å². The molecule has 1 aliphatic rings. The van der Waals surface area contributed by atoms with E-state index in [4.69, 9.17) is 0 Å². The molecule has 0 aliphatic carbocycles. The number of amides is 1. The zero-order chi connectivity index (χ0) is 21.5. The predicted molar refractivity (Wildman–Crippen MR) is 122 cm³/mol. The summed E-state index contributed by atoms with van der Waals surface area (Å²) in [5.74, 6) is -0.213. The maximum absolute atomic E-state index is 13.2. The topological polar surface area (TPSA) is 88.0 Å². The Hall–Kier alpha value is -3.52. The Morgan fingerprint density at radius 2 is 1.81 bits per heavy atom. The lowest BCUT2D eigenvalue weighted by atomic mass is 10.1. The average Bonchev–Trinajstić information content (AvgIpc) is 3.14. The summed E-state index contributed by atoms with van der Waals surface area (Å²) in [6, 6.07) is 10.4. The molecule has 2 N–H and O–H groups in total. The first-order valence-corrected chi connectivity index (χ1v) is 10.5. The first kappa shape index (κ1) is 19.4. The van der Waals surface area contributed by atoms with Crippen LogP contribution < -0.4 is 15.5 Å². The van der Waals surface area contributed by atoms with E-state index in [1.165, 1.54) is 0 Å². The molecule has 0 bridgehead atoms. The second-order valence-electron chi connectivity index (χ2n) is 8.22. The molecule has 0 radical (unpaired) electrons. The number of rotatable bonds is 3. The molecule has 1 aliphatic heterocycles. The molecule has 2 aromatic carbocycles. The number of aryl methyl sites for hydroxylation is 1. The zero-order valence-corrected chi connectivity index (χ0v) is 17.8. The molecular weight excluding hydrogens is 390 g/mol. The second-order valence-corrected chi connectivity index (χ2v) is 8.22. The van der Waals surface area contributed by atoms with E-state index in [0.29, 0.717) is 23.2 Å². The Balaban J connectivity index is 1.52. The van der Waals surface area contributed by atoms with Gasteiger partial charge in [-0.1, -0.05) is 6.07 Å². The Morgan fingerprint density at radius 3 is 2.58 bits per heavy atom. The number of anilines is 2. The molecule has 1 saturated heterocycles. The fourth-order valence-electron chi connectivity index (χ4n) is 4.48. The van der Waals surface area contributed by atoms with Crippen molar-refractivity contribution in [3.63, 3.8) is 0 Å². The lowest BCUT2D eigenvalue weighted by Gasteiger charge is -2.38. The van der Waals surface area contributed by atoms with Crippen molar-refractivity contribution in [1.82, 2.24) is 25.1 Å². The summed E-state index contributed by atoms with van der Waals surface area (Å²) in [5, 5.41) is 11.8. The van der Waals surface area contributed by atoms with Crippen LogP contribution in [0.1, 0.15) is 24.2 Å². The van der Waals surface area contributed by atoms with Crippen LogP contribution in [-0.4, -0.2) is 50.8 Å². The zero-order valence-electron chi connectivity index (χ0n) is 17.8. The first-order chi connectivity index (χ1) is 15.0. The van der Waals surface area contributed by atoms with Crippen LogP contribution in [0.4, 0.5) is 11.4 Å². The molecule has 1 amide bonds. The van der Waals surface area contributed by atoms with Gasteiger partial charge in [-0.25, -0.2) is 0 Å². The predicted octanol–water partition coefficient (Wildman–Crippen LogP) is 2.96. The number of nitrogens with one attached hydrogen (secondary N) is 2. The summed E-state index contributed by atoms with van der Waals surface area (Å²) in [5.41, 5.74) is 4.55. The molecule has 158 valence electrons. The number of fused-ring (bicyclic) bond motifs is 2. The van der Waals surface area contributed by atoms with Gasteiger partial charge in [-0.2, -0.15) is 5.10 Å². The minimum atomic E-state index is -0.213. The van der Waals surface area contributed by atoms with Crippen LogP contribution in [0, 0.1) is 0 Å². The summed E-state index contributed by atoms with van der Waals surface area (Å²) < 4.78 is 1.79. The SMILES string of the molecule is C[C@H]1CN(c2ccc(C(=O)Nc3cccc4c3cnn4C)c3nccnc23)C[C@H](C)N1. The smallest absolute Gasteiger partial charge is 0.257 e. The van der Waals surface area contributed by atoms with E-state index >= 15 is 0 Å². The maximum Gasteiger partial charge on any atom is 0.257 e.